The first-order chi connectivity index (χ1) is 12.0. The molecule has 0 aromatic heterocycles. The fraction of sp³-hybridized carbons (Fsp3) is 0.579. The monoisotopic (exact) mass is 385 g/mol. The molecule has 2 amide bonds. The summed E-state index contributed by atoms with van der Waals surface area (Å²) in [7, 11) is 0. The number of hydrogen-bond donors (Lipinski definition) is 1. The average Bonchev–Trinajstić information content (AvgIpc) is 2.89. The highest BCUT2D eigenvalue weighted by Crippen LogP contribution is 2.28. The molecule has 1 fully saturated rings. The average molecular weight is 386 g/mol. The summed E-state index contributed by atoms with van der Waals surface area (Å²) < 4.78 is 13.9. The predicted molar refractivity (Wildman–Crippen MR) is 103 cm³/mol. The molecule has 2 rings (SSSR count). The summed E-state index contributed by atoms with van der Waals surface area (Å²) in [6.45, 7) is 6.29. The molecule has 26 heavy (non-hydrogen) atoms. The minimum Gasteiger partial charge on any atom is -0.340 e. The Morgan fingerprint density at radius 3 is 2.23 bits per heavy atom. The van der Waals surface area contributed by atoms with Gasteiger partial charge in [0, 0.05) is 32.7 Å². The maximum Gasteiger partial charge on any atom is 0.256 e. The van der Waals surface area contributed by atoms with Crippen LogP contribution in [0.25, 0.3) is 0 Å². The summed E-state index contributed by atoms with van der Waals surface area (Å²) >= 11 is 0. The van der Waals surface area contributed by atoms with E-state index in [0.29, 0.717) is 52.0 Å². The van der Waals surface area contributed by atoms with Crippen LogP contribution in [0.3, 0.4) is 0 Å². The predicted octanol–water partition coefficient (Wildman–Crippen LogP) is 2.69. The Balaban J connectivity index is 0.00000338. The highest BCUT2D eigenvalue weighted by atomic mass is 35.5. The maximum absolute atomic E-state index is 13.9. The van der Waals surface area contributed by atoms with E-state index >= 15 is 0 Å². The molecule has 5 nitrogen and oxygen atoms in total. The van der Waals surface area contributed by atoms with Gasteiger partial charge < -0.3 is 15.5 Å². The van der Waals surface area contributed by atoms with Gasteiger partial charge in [0.2, 0.25) is 5.91 Å². The Hall–Kier alpha value is -1.66. The third kappa shape index (κ3) is 4.54. The van der Waals surface area contributed by atoms with E-state index in [1.807, 2.05) is 18.7 Å². The summed E-state index contributed by atoms with van der Waals surface area (Å²) in [6.07, 6.45) is 2.08. The first-order valence-corrected chi connectivity index (χ1v) is 9.02. The van der Waals surface area contributed by atoms with E-state index in [2.05, 4.69) is 0 Å². The summed E-state index contributed by atoms with van der Waals surface area (Å²) in [5.74, 6) is -0.757. The van der Waals surface area contributed by atoms with E-state index in [-0.39, 0.29) is 29.8 Å². The van der Waals surface area contributed by atoms with E-state index in [1.54, 1.807) is 17.0 Å². The van der Waals surface area contributed by atoms with Crippen molar-refractivity contribution in [3.05, 3.63) is 35.6 Å². The highest BCUT2D eigenvalue weighted by molar-refractivity contribution is 5.94. The largest absolute Gasteiger partial charge is 0.340 e. The van der Waals surface area contributed by atoms with E-state index in [0.717, 1.165) is 0 Å². The van der Waals surface area contributed by atoms with Gasteiger partial charge in [-0.2, -0.15) is 0 Å². The normalized spacial score (nSPS) is 15.2. The number of amides is 2. The van der Waals surface area contributed by atoms with E-state index < -0.39 is 11.2 Å². The van der Waals surface area contributed by atoms with Crippen LogP contribution in [0.5, 0.6) is 0 Å². The molecule has 146 valence electrons. The van der Waals surface area contributed by atoms with Crippen molar-refractivity contribution in [2.24, 2.45) is 11.1 Å². The maximum atomic E-state index is 13.9. The van der Waals surface area contributed by atoms with Gasteiger partial charge in [-0.05, 0) is 31.4 Å². The first-order valence-electron chi connectivity index (χ1n) is 9.02. The highest BCUT2D eigenvalue weighted by Gasteiger charge is 2.37. The molecule has 2 N–H and O–H groups in total. The van der Waals surface area contributed by atoms with Gasteiger partial charge in [0.1, 0.15) is 5.82 Å². The third-order valence-corrected chi connectivity index (χ3v) is 5.37. The molecule has 0 saturated carbocycles. The van der Waals surface area contributed by atoms with Crippen molar-refractivity contribution < 1.29 is 14.0 Å². The first kappa shape index (κ1) is 22.4. The van der Waals surface area contributed by atoms with E-state index in [9.17, 15) is 14.0 Å². The van der Waals surface area contributed by atoms with E-state index in [1.165, 1.54) is 12.1 Å². The zero-order valence-corrected chi connectivity index (χ0v) is 16.4. The fourth-order valence-electron chi connectivity index (χ4n) is 3.39. The SMILES string of the molecule is CCC(CC)(CN)C(=O)N1CCCN(C(=O)c2ccccc2F)CC1.Cl. The molecular formula is C19H29ClFN3O2. The summed E-state index contributed by atoms with van der Waals surface area (Å²) in [5.41, 5.74) is 5.45. The van der Waals surface area contributed by atoms with E-state index in [4.69, 9.17) is 5.73 Å². The smallest absolute Gasteiger partial charge is 0.256 e. The number of hydrogen-bond acceptors (Lipinski definition) is 3. The lowest BCUT2D eigenvalue weighted by Crippen LogP contribution is -2.48. The Bertz CT molecular complexity index is 614. The summed E-state index contributed by atoms with van der Waals surface area (Å²) in [6, 6.07) is 6.01. The second-order valence-electron chi connectivity index (χ2n) is 6.61. The molecule has 1 aromatic carbocycles. The molecule has 0 bridgehead atoms. The Morgan fingerprint density at radius 1 is 1.08 bits per heavy atom. The van der Waals surface area contributed by atoms with Crippen LogP contribution < -0.4 is 5.73 Å². The minimum atomic E-state index is -0.523. The zero-order valence-electron chi connectivity index (χ0n) is 15.5. The van der Waals surface area contributed by atoms with Gasteiger partial charge in [0.25, 0.3) is 5.91 Å². The third-order valence-electron chi connectivity index (χ3n) is 5.37. The van der Waals surface area contributed by atoms with Crippen molar-refractivity contribution in [2.45, 2.75) is 33.1 Å². The molecule has 1 aliphatic heterocycles. The van der Waals surface area contributed by atoms with Gasteiger partial charge in [0.05, 0.1) is 11.0 Å². The van der Waals surface area contributed by atoms with Gasteiger partial charge in [-0.3, -0.25) is 9.59 Å². The fourth-order valence-corrected chi connectivity index (χ4v) is 3.39. The number of nitrogens with two attached hydrogens (primary N) is 1. The molecular weight excluding hydrogens is 357 g/mol. The number of rotatable bonds is 5. The van der Waals surface area contributed by atoms with Gasteiger partial charge in [0.15, 0.2) is 0 Å². The van der Waals surface area contributed by atoms with Crippen LogP contribution in [0.4, 0.5) is 4.39 Å². The number of nitrogens with zero attached hydrogens (tertiary/aromatic N) is 2. The topological polar surface area (TPSA) is 66.6 Å². The Kier molecular flexibility index (Phi) is 8.50. The lowest BCUT2D eigenvalue weighted by molar-refractivity contribution is -0.142. The molecule has 7 heteroatoms. The molecule has 1 aliphatic rings. The second-order valence-corrected chi connectivity index (χ2v) is 6.61. The van der Waals surface area contributed by atoms with Gasteiger partial charge in [-0.15, -0.1) is 12.4 Å². The summed E-state index contributed by atoms with van der Waals surface area (Å²) in [4.78, 5) is 29.0. The number of benzene rings is 1. The Labute approximate surface area is 161 Å². The molecule has 0 radical (unpaired) electrons. The van der Waals surface area contributed by atoms with Crippen molar-refractivity contribution in [3.63, 3.8) is 0 Å². The molecule has 0 atom stereocenters. The van der Waals surface area contributed by atoms with Crippen LogP contribution in [-0.4, -0.2) is 54.3 Å². The van der Waals surface area contributed by atoms with Crippen LogP contribution in [0.15, 0.2) is 24.3 Å². The number of carbonyl (C=O) groups is 2. The molecule has 1 heterocycles. The van der Waals surface area contributed by atoms with Crippen molar-refractivity contribution in [1.29, 1.82) is 0 Å². The van der Waals surface area contributed by atoms with Crippen LogP contribution in [-0.2, 0) is 4.79 Å². The molecule has 0 aliphatic carbocycles. The minimum absolute atomic E-state index is 0. The van der Waals surface area contributed by atoms with Crippen LogP contribution in [0.1, 0.15) is 43.5 Å². The lowest BCUT2D eigenvalue weighted by Gasteiger charge is -2.34. The Morgan fingerprint density at radius 2 is 1.65 bits per heavy atom. The van der Waals surface area contributed by atoms with Gasteiger partial charge in [-0.1, -0.05) is 26.0 Å². The van der Waals surface area contributed by atoms with Crippen molar-refractivity contribution >= 4 is 24.2 Å². The number of carbonyl (C=O) groups excluding carboxylic acids is 2. The lowest BCUT2D eigenvalue weighted by atomic mass is 9.81. The van der Waals surface area contributed by atoms with Gasteiger partial charge in [-0.25, -0.2) is 4.39 Å². The quantitative estimate of drug-likeness (QED) is 0.847. The van der Waals surface area contributed by atoms with Crippen molar-refractivity contribution in [2.75, 3.05) is 32.7 Å². The van der Waals surface area contributed by atoms with Crippen molar-refractivity contribution in [1.82, 2.24) is 9.80 Å². The van der Waals surface area contributed by atoms with Crippen LogP contribution in [0, 0.1) is 11.2 Å². The second kappa shape index (κ2) is 9.88. The zero-order chi connectivity index (χ0) is 18.4. The molecule has 0 unspecified atom stereocenters. The van der Waals surface area contributed by atoms with Crippen molar-refractivity contribution in [3.8, 4) is 0 Å². The van der Waals surface area contributed by atoms with Crippen LogP contribution in [0.2, 0.25) is 0 Å². The molecule has 1 saturated heterocycles. The summed E-state index contributed by atoms with van der Waals surface area (Å²) in [5, 5.41) is 0. The van der Waals surface area contributed by atoms with Crippen LogP contribution >= 0.6 is 12.4 Å². The molecule has 1 aromatic rings. The standard InChI is InChI=1S/C19H28FN3O2.ClH/c1-3-19(4-2,14-21)18(25)23-11-7-10-22(12-13-23)17(24)15-8-5-6-9-16(15)20;/h5-6,8-9H,3-4,7,10-14,21H2,1-2H3;1H. The number of halogens is 2. The van der Waals surface area contributed by atoms with Gasteiger partial charge >= 0.3 is 0 Å². The molecule has 0 spiro atoms.